The van der Waals surface area contributed by atoms with Crippen molar-refractivity contribution in [1.82, 2.24) is 0 Å². The van der Waals surface area contributed by atoms with Crippen molar-refractivity contribution in [2.24, 2.45) is 0 Å². The van der Waals surface area contributed by atoms with Crippen molar-refractivity contribution in [2.75, 3.05) is 0 Å². The van der Waals surface area contributed by atoms with Crippen LogP contribution in [0.2, 0.25) is 0 Å². The maximum absolute atomic E-state index is 13.8. The van der Waals surface area contributed by atoms with Crippen molar-refractivity contribution >= 4 is 0 Å². The Kier molecular flexibility index (Phi) is 4.22. The maximum Gasteiger partial charge on any atom is 0.134 e. The zero-order valence-corrected chi connectivity index (χ0v) is 10.3. The largest absolute Gasteiger partial charge is 0.387 e. The summed E-state index contributed by atoms with van der Waals surface area (Å²) >= 11 is 0. The number of aliphatic hydroxyl groups excluding tert-OH is 1. The molecule has 0 saturated carbocycles. The summed E-state index contributed by atoms with van der Waals surface area (Å²) in [5, 5.41) is 20.1. The molecule has 0 amide bonds. The van der Waals surface area contributed by atoms with Gasteiger partial charge < -0.3 is 10.2 Å². The van der Waals surface area contributed by atoms with Crippen molar-refractivity contribution in [3.63, 3.8) is 0 Å². The molecule has 17 heavy (non-hydrogen) atoms. The van der Waals surface area contributed by atoms with Gasteiger partial charge in [0.05, 0.1) is 11.2 Å². The molecular weight excluding hydrogens is 226 g/mol. The van der Waals surface area contributed by atoms with E-state index in [4.69, 9.17) is 0 Å². The normalized spacial score (nSPS) is 13.8. The molecule has 0 aliphatic heterocycles. The lowest BCUT2D eigenvalue weighted by Gasteiger charge is -2.31. The molecule has 0 saturated heterocycles. The highest BCUT2D eigenvalue weighted by Gasteiger charge is 2.36. The second kappa shape index (κ2) is 5.10. The van der Waals surface area contributed by atoms with E-state index in [0.717, 1.165) is 6.07 Å². The molecule has 0 fully saturated rings. The quantitative estimate of drug-likeness (QED) is 0.855. The summed E-state index contributed by atoms with van der Waals surface area (Å²) in [5.41, 5.74) is -1.71. The first-order valence-electron chi connectivity index (χ1n) is 5.72. The molecule has 1 unspecified atom stereocenters. The molecule has 1 aromatic rings. The van der Waals surface area contributed by atoms with Crippen molar-refractivity contribution < 1.29 is 19.0 Å². The number of aliphatic hydroxyl groups is 2. The minimum atomic E-state index is -1.56. The highest BCUT2D eigenvalue weighted by Crippen LogP contribution is 2.35. The molecule has 1 rings (SSSR count). The van der Waals surface area contributed by atoms with E-state index in [1.54, 1.807) is 13.8 Å². The predicted molar refractivity (Wildman–Crippen MR) is 61.6 cm³/mol. The molecule has 1 aromatic carbocycles. The van der Waals surface area contributed by atoms with Gasteiger partial charge in [0, 0.05) is 0 Å². The Morgan fingerprint density at radius 3 is 2.24 bits per heavy atom. The Balaban J connectivity index is 3.29. The van der Waals surface area contributed by atoms with E-state index < -0.39 is 28.9 Å². The Morgan fingerprint density at radius 2 is 1.76 bits per heavy atom. The first-order valence-corrected chi connectivity index (χ1v) is 5.72. The summed E-state index contributed by atoms with van der Waals surface area (Å²) in [6.45, 7) is 4.82. The van der Waals surface area contributed by atoms with Gasteiger partial charge in [-0.15, -0.1) is 0 Å². The van der Waals surface area contributed by atoms with E-state index in [1.165, 1.54) is 13.0 Å². The zero-order valence-electron chi connectivity index (χ0n) is 10.3. The molecule has 4 heteroatoms. The molecule has 0 spiro atoms. The van der Waals surface area contributed by atoms with Gasteiger partial charge in [0.25, 0.3) is 0 Å². The minimum Gasteiger partial charge on any atom is -0.387 e. The van der Waals surface area contributed by atoms with Crippen LogP contribution in [0.3, 0.4) is 0 Å². The van der Waals surface area contributed by atoms with Gasteiger partial charge in [-0.05, 0) is 31.4 Å². The van der Waals surface area contributed by atoms with Gasteiger partial charge in [-0.2, -0.15) is 0 Å². The Labute approximate surface area is 99.9 Å². The van der Waals surface area contributed by atoms with Crippen LogP contribution in [0, 0.1) is 18.6 Å². The first kappa shape index (κ1) is 14.1. The molecule has 0 heterocycles. The monoisotopic (exact) mass is 244 g/mol. The van der Waals surface area contributed by atoms with E-state index in [1.807, 2.05) is 0 Å². The highest BCUT2D eigenvalue weighted by atomic mass is 19.1. The Morgan fingerprint density at radius 1 is 1.24 bits per heavy atom. The van der Waals surface area contributed by atoms with Gasteiger partial charge in [0.1, 0.15) is 17.7 Å². The number of benzene rings is 1. The highest BCUT2D eigenvalue weighted by molar-refractivity contribution is 5.30. The van der Waals surface area contributed by atoms with Crippen LogP contribution in [0.25, 0.3) is 0 Å². The topological polar surface area (TPSA) is 40.5 Å². The molecule has 2 nitrogen and oxygen atoms in total. The minimum absolute atomic E-state index is 0.220. The zero-order chi connectivity index (χ0) is 13.2. The molecule has 0 aliphatic carbocycles. The summed E-state index contributed by atoms with van der Waals surface area (Å²) in [4.78, 5) is 0. The van der Waals surface area contributed by atoms with Gasteiger partial charge in [0.15, 0.2) is 0 Å². The fourth-order valence-corrected chi connectivity index (χ4v) is 1.83. The smallest absolute Gasteiger partial charge is 0.134 e. The first-order chi connectivity index (χ1) is 7.87. The average molecular weight is 244 g/mol. The number of aryl methyl sites for hydroxylation is 1. The third kappa shape index (κ3) is 2.48. The number of rotatable bonds is 4. The van der Waals surface area contributed by atoms with Crippen molar-refractivity contribution in [3.05, 3.63) is 34.9 Å². The molecule has 96 valence electrons. The second-order valence-corrected chi connectivity index (χ2v) is 4.31. The maximum atomic E-state index is 13.8. The van der Waals surface area contributed by atoms with Crippen LogP contribution in [-0.4, -0.2) is 15.8 Å². The van der Waals surface area contributed by atoms with Crippen molar-refractivity contribution in [1.29, 1.82) is 0 Å². The lowest BCUT2D eigenvalue weighted by molar-refractivity contribution is -0.0848. The standard InChI is InChI=1S/C13H18F2O2/c1-4-13(17,5-2)12(16)10-9(14)7-6-8(3)11(10)15/h6-7,12,16-17H,4-5H2,1-3H3. The lowest BCUT2D eigenvalue weighted by Crippen LogP contribution is -2.36. The molecule has 0 aliphatic rings. The lowest BCUT2D eigenvalue weighted by atomic mass is 9.85. The summed E-state index contributed by atoms with van der Waals surface area (Å²) in [7, 11) is 0. The summed E-state index contributed by atoms with van der Waals surface area (Å²) in [5.74, 6) is -1.63. The van der Waals surface area contributed by atoms with Gasteiger partial charge in [-0.3, -0.25) is 0 Å². The van der Waals surface area contributed by atoms with Crippen LogP contribution in [0.15, 0.2) is 12.1 Å². The number of hydrogen-bond acceptors (Lipinski definition) is 2. The molecule has 1 atom stereocenters. The molecular formula is C13H18F2O2. The van der Waals surface area contributed by atoms with Gasteiger partial charge in [-0.1, -0.05) is 19.9 Å². The van der Waals surface area contributed by atoms with Crippen LogP contribution < -0.4 is 0 Å². The summed E-state index contributed by atoms with van der Waals surface area (Å²) < 4.78 is 27.4. The van der Waals surface area contributed by atoms with Crippen LogP contribution in [0.1, 0.15) is 43.9 Å². The van der Waals surface area contributed by atoms with Gasteiger partial charge in [-0.25, -0.2) is 8.78 Å². The van der Waals surface area contributed by atoms with E-state index in [9.17, 15) is 19.0 Å². The Bertz CT molecular complexity index is 401. The van der Waals surface area contributed by atoms with Crippen LogP contribution >= 0.6 is 0 Å². The summed E-state index contributed by atoms with van der Waals surface area (Å²) in [6.07, 6.45) is -1.12. The molecule has 0 radical (unpaired) electrons. The molecule has 2 N–H and O–H groups in total. The second-order valence-electron chi connectivity index (χ2n) is 4.31. The third-order valence-electron chi connectivity index (χ3n) is 3.33. The van der Waals surface area contributed by atoms with Crippen LogP contribution in [-0.2, 0) is 0 Å². The van der Waals surface area contributed by atoms with Crippen molar-refractivity contribution in [2.45, 2.75) is 45.3 Å². The predicted octanol–water partition coefficient (Wildman–Crippen LogP) is 2.86. The molecule has 0 bridgehead atoms. The molecule has 0 aromatic heterocycles. The number of hydrogen-bond donors (Lipinski definition) is 2. The fraction of sp³-hybridized carbons (Fsp3) is 0.538. The third-order valence-corrected chi connectivity index (χ3v) is 3.33. The number of halogens is 2. The average Bonchev–Trinajstić information content (AvgIpc) is 2.33. The van der Waals surface area contributed by atoms with Crippen LogP contribution in [0.4, 0.5) is 8.78 Å². The van der Waals surface area contributed by atoms with Crippen molar-refractivity contribution in [3.8, 4) is 0 Å². The van der Waals surface area contributed by atoms with E-state index in [2.05, 4.69) is 0 Å². The summed E-state index contributed by atoms with van der Waals surface area (Å²) in [6, 6.07) is 2.40. The van der Waals surface area contributed by atoms with E-state index in [0.29, 0.717) is 0 Å². The van der Waals surface area contributed by atoms with Gasteiger partial charge >= 0.3 is 0 Å². The van der Waals surface area contributed by atoms with E-state index in [-0.39, 0.29) is 18.4 Å². The van der Waals surface area contributed by atoms with E-state index >= 15 is 0 Å². The van der Waals surface area contributed by atoms with Crippen LogP contribution in [0.5, 0.6) is 0 Å². The fourth-order valence-electron chi connectivity index (χ4n) is 1.83. The Hall–Kier alpha value is -1.00. The van der Waals surface area contributed by atoms with Gasteiger partial charge in [0.2, 0.25) is 0 Å². The SMILES string of the molecule is CCC(O)(CC)C(O)c1c(F)ccc(C)c1F.